The lowest BCUT2D eigenvalue weighted by Gasteiger charge is -2.46. The molecule has 1 fully saturated rings. The van der Waals surface area contributed by atoms with Crippen LogP contribution in [-0.4, -0.2) is 32.4 Å². The molecule has 0 bridgehead atoms. The Morgan fingerprint density at radius 3 is 2.60 bits per heavy atom. The number of carboxylic acid groups (broad SMARTS) is 1. The summed E-state index contributed by atoms with van der Waals surface area (Å²) in [6.07, 6.45) is 0.663. The fraction of sp³-hybridized carbons (Fsp3) is 0.643. The van der Waals surface area contributed by atoms with Gasteiger partial charge in [0.05, 0.1) is 22.7 Å². The fourth-order valence-corrected chi connectivity index (χ4v) is 3.44. The molecular formula is C14H20N2O3S. The number of rotatable bonds is 2. The van der Waals surface area contributed by atoms with Gasteiger partial charge in [0.15, 0.2) is 0 Å². The number of nitrogens with zero attached hydrogens (tertiary/aromatic N) is 2. The monoisotopic (exact) mass is 296 g/mol. The molecule has 2 unspecified atom stereocenters. The van der Waals surface area contributed by atoms with Crippen LogP contribution in [0.1, 0.15) is 50.4 Å². The van der Waals surface area contributed by atoms with E-state index >= 15 is 0 Å². The molecule has 6 heteroatoms. The largest absolute Gasteiger partial charge is 0.481 e. The first-order valence-electron chi connectivity index (χ1n) is 6.69. The average molecular weight is 296 g/mol. The minimum atomic E-state index is -0.859. The molecule has 1 aromatic rings. The van der Waals surface area contributed by atoms with Crippen LogP contribution in [0, 0.1) is 12.8 Å². The number of aryl methyl sites for hydroxylation is 1. The molecule has 2 heterocycles. The van der Waals surface area contributed by atoms with E-state index in [1.165, 1.54) is 11.3 Å². The van der Waals surface area contributed by atoms with E-state index in [9.17, 15) is 14.7 Å². The Bertz CT molecular complexity index is 533. The SMILES string of the molecule is Cc1nc(C2C(C(=O)O)CCC(=O)N2C(C)(C)C)cs1. The van der Waals surface area contributed by atoms with E-state index in [0.29, 0.717) is 12.1 Å². The average Bonchev–Trinajstić information content (AvgIpc) is 2.73. The van der Waals surface area contributed by atoms with Crippen molar-refractivity contribution in [1.82, 2.24) is 9.88 Å². The van der Waals surface area contributed by atoms with Gasteiger partial charge in [0.25, 0.3) is 0 Å². The molecule has 1 saturated heterocycles. The molecule has 1 aromatic heterocycles. The van der Waals surface area contributed by atoms with Gasteiger partial charge in [-0.2, -0.15) is 0 Å². The lowest BCUT2D eigenvalue weighted by molar-refractivity contribution is -0.156. The van der Waals surface area contributed by atoms with Crippen LogP contribution in [0.4, 0.5) is 0 Å². The van der Waals surface area contributed by atoms with Crippen LogP contribution in [0.5, 0.6) is 0 Å². The zero-order chi connectivity index (χ0) is 15.1. The second-order valence-electron chi connectivity index (χ2n) is 6.15. The van der Waals surface area contributed by atoms with Gasteiger partial charge in [-0.05, 0) is 34.1 Å². The quantitative estimate of drug-likeness (QED) is 0.910. The number of carbonyl (C=O) groups is 2. The molecule has 0 spiro atoms. The topological polar surface area (TPSA) is 70.5 Å². The molecule has 5 nitrogen and oxygen atoms in total. The van der Waals surface area contributed by atoms with Crippen molar-refractivity contribution in [3.05, 3.63) is 16.1 Å². The third kappa shape index (κ3) is 2.70. The first kappa shape index (κ1) is 15.0. The smallest absolute Gasteiger partial charge is 0.309 e. The number of hydrogen-bond acceptors (Lipinski definition) is 4. The van der Waals surface area contributed by atoms with Gasteiger partial charge in [0.1, 0.15) is 0 Å². The number of piperidine rings is 1. The van der Waals surface area contributed by atoms with Gasteiger partial charge in [-0.3, -0.25) is 9.59 Å². The van der Waals surface area contributed by atoms with Crippen molar-refractivity contribution in [2.45, 2.75) is 52.1 Å². The number of carboxylic acids is 1. The van der Waals surface area contributed by atoms with Crippen LogP contribution in [0.3, 0.4) is 0 Å². The molecule has 2 rings (SSSR count). The lowest BCUT2D eigenvalue weighted by atomic mass is 9.84. The van der Waals surface area contributed by atoms with Crippen molar-refractivity contribution in [3.63, 3.8) is 0 Å². The molecule has 110 valence electrons. The maximum atomic E-state index is 12.3. The van der Waals surface area contributed by atoms with E-state index in [1.807, 2.05) is 33.1 Å². The highest BCUT2D eigenvalue weighted by molar-refractivity contribution is 7.09. The van der Waals surface area contributed by atoms with Gasteiger partial charge < -0.3 is 10.0 Å². The zero-order valence-corrected chi connectivity index (χ0v) is 13.0. The first-order valence-corrected chi connectivity index (χ1v) is 7.57. The van der Waals surface area contributed by atoms with Gasteiger partial charge in [-0.1, -0.05) is 0 Å². The molecule has 1 aliphatic heterocycles. The highest BCUT2D eigenvalue weighted by Crippen LogP contribution is 2.41. The molecule has 0 radical (unpaired) electrons. The Kier molecular flexibility index (Phi) is 3.86. The molecule has 0 saturated carbocycles. The third-order valence-electron chi connectivity index (χ3n) is 3.58. The summed E-state index contributed by atoms with van der Waals surface area (Å²) in [4.78, 5) is 30.0. The van der Waals surface area contributed by atoms with Crippen molar-refractivity contribution in [2.75, 3.05) is 0 Å². The van der Waals surface area contributed by atoms with Crippen molar-refractivity contribution in [3.8, 4) is 0 Å². The summed E-state index contributed by atoms with van der Waals surface area (Å²) < 4.78 is 0. The molecule has 2 atom stereocenters. The van der Waals surface area contributed by atoms with Crippen LogP contribution in [0.2, 0.25) is 0 Å². The number of aliphatic carboxylic acids is 1. The molecule has 1 aliphatic rings. The first-order chi connectivity index (χ1) is 9.21. The number of amides is 1. The second kappa shape index (κ2) is 5.16. The fourth-order valence-electron chi connectivity index (χ4n) is 2.80. The van der Waals surface area contributed by atoms with Gasteiger partial charge in [-0.25, -0.2) is 4.98 Å². The number of hydrogen-bond donors (Lipinski definition) is 1. The van der Waals surface area contributed by atoms with Gasteiger partial charge >= 0.3 is 5.97 Å². The molecule has 0 aromatic carbocycles. The number of aromatic nitrogens is 1. The van der Waals surface area contributed by atoms with E-state index in [0.717, 1.165) is 5.01 Å². The van der Waals surface area contributed by atoms with Crippen LogP contribution in [-0.2, 0) is 9.59 Å². The summed E-state index contributed by atoms with van der Waals surface area (Å²) in [6.45, 7) is 7.68. The molecule has 1 amide bonds. The van der Waals surface area contributed by atoms with E-state index in [4.69, 9.17) is 0 Å². The second-order valence-corrected chi connectivity index (χ2v) is 7.22. The summed E-state index contributed by atoms with van der Waals surface area (Å²) in [5.74, 6) is -1.44. The Balaban J connectivity index is 2.50. The van der Waals surface area contributed by atoms with Crippen molar-refractivity contribution in [1.29, 1.82) is 0 Å². The molecule has 20 heavy (non-hydrogen) atoms. The van der Waals surface area contributed by atoms with E-state index in [2.05, 4.69) is 4.98 Å². The van der Waals surface area contributed by atoms with E-state index in [1.54, 1.807) is 4.90 Å². The van der Waals surface area contributed by atoms with Crippen LogP contribution in [0.15, 0.2) is 5.38 Å². The van der Waals surface area contributed by atoms with Crippen LogP contribution >= 0.6 is 11.3 Å². The van der Waals surface area contributed by atoms with Crippen molar-refractivity contribution < 1.29 is 14.7 Å². The van der Waals surface area contributed by atoms with Crippen LogP contribution < -0.4 is 0 Å². The molecule has 0 aliphatic carbocycles. The molecular weight excluding hydrogens is 276 g/mol. The Morgan fingerprint density at radius 2 is 2.15 bits per heavy atom. The lowest BCUT2D eigenvalue weighted by Crippen LogP contribution is -2.53. The maximum Gasteiger partial charge on any atom is 0.309 e. The summed E-state index contributed by atoms with van der Waals surface area (Å²) in [5, 5.41) is 12.2. The predicted octanol–water partition coefficient (Wildman–Crippen LogP) is 2.61. The highest BCUT2D eigenvalue weighted by Gasteiger charge is 2.45. The van der Waals surface area contributed by atoms with Crippen molar-refractivity contribution >= 4 is 23.2 Å². The van der Waals surface area contributed by atoms with Crippen LogP contribution in [0.25, 0.3) is 0 Å². The summed E-state index contributed by atoms with van der Waals surface area (Å²) in [6, 6.07) is -0.473. The Labute approximate surface area is 122 Å². The van der Waals surface area contributed by atoms with Gasteiger partial charge in [0.2, 0.25) is 5.91 Å². The summed E-state index contributed by atoms with van der Waals surface area (Å²) >= 11 is 1.48. The zero-order valence-electron chi connectivity index (χ0n) is 12.2. The summed E-state index contributed by atoms with van der Waals surface area (Å²) in [7, 11) is 0. The summed E-state index contributed by atoms with van der Waals surface area (Å²) in [5.41, 5.74) is 0.274. The van der Waals surface area contributed by atoms with Gasteiger partial charge in [-0.15, -0.1) is 11.3 Å². The Hall–Kier alpha value is -1.43. The van der Waals surface area contributed by atoms with Gasteiger partial charge in [0, 0.05) is 17.3 Å². The Morgan fingerprint density at radius 1 is 1.50 bits per heavy atom. The minimum absolute atomic E-state index is 0.00523. The highest BCUT2D eigenvalue weighted by atomic mass is 32.1. The van der Waals surface area contributed by atoms with E-state index < -0.39 is 23.5 Å². The standard InChI is InChI=1S/C14H20N2O3S/c1-8-15-10(7-20-8)12-9(13(18)19)5-6-11(17)16(12)14(2,3)4/h7,9,12H,5-6H2,1-4H3,(H,18,19). The minimum Gasteiger partial charge on any atom is -0.481 e. The number of likely N-dealkylation sites (tertiary alicyclic amines) is 1. The molecule has 1 N–H and O–H groups in total. The third-order valence-corrected chi connectivity index (χ3v) is 4.37. The van der Waals surface area contributed by atoms with E-state index in [-0.39, 0.29) is 12.3 Å². The van der Waals surface area contributed by atoms with Crippen molar-refractivity contribution in [2.24, 2.45) is 5.92 Å². The maximum absolute atomic E-state index is 12.3. The normalized spacial score (nSPS) is 24.0. The number of thiazole rings is 1. The number of carbonyl (C=O) groups excluding carboxylic acids is 1. The predicted molar refractivity (Wildman–Crippen MR) is 76.6 cm³/mol.